The van der Waals surface area contributed by atoms with E-state index in [1.807, 2.05) is 12.1 Å². The molecule has 0 saturated carbocycles. The van der Waals surface area contributed by atoms with Crippen molar-refractivity contribution in [3.05, 3.63) is 52.6 Å². The summed E-state index contributed by atoms with van der Waals surface area (Å²) in [7, 11) is 4.41. The predicted molar refractivity (Wildman–Crippen MR) is 104 cm³/mol. The van der Waals surface area contributed by atoms with Crippen molar-refractivity contribution in [1.29, 1.82) is 0 Å². The van der Waals surface area contributed by atoms with Gasteiger partial charge in [0.15, 0.2) is 17.6 Å². The van der Waals surface area contributed by atoms with Gasteiger partial charge in [-0.15, -0.1) is 0 Å². The Labute approximate surface area is 164 Å². The van der Waals surface area contributed by atoms with Crippen molar-refractivity contribution in [3.63, 3.8) is 0 Å². The normalized spacial score (nSPS) is 13.4. The van der Waals surface area contributed by atoms with Crippen LogP contribution in [0.2, 0.25) is 0 Å². The van der Waals surface area contributed by atoms with Crippen LogP contribution in [0.4, 0.5) is 0 Å². The number of hydrogen-bond donors (Lipinski definition) is 0. The van der Waals surface area contributed by atoms with Gasteiger partial charge in [0.2, 0.25) is 5.78 Å². The maximum Gasteiger partial charge on any atom is 0.342 e. The highest BCUT2D eigenvalue weighted by atomic mass is 16.5. The van der Waals surface area contributed by atoms with Crippen LogP contribution >= 0.6 is 0 Å². The summed E-state index contributed by atoms with van der Waals surface area (Å²) in [6, 6.07) is 8.72. The highest BCUT2D eigenvalue weighted by molar-refractivity contribution is 6.02. The van der Waals surface area contributed by atoms with E-state index in [0.29, 0.717) is 17.1 Å². The number of benzene rings is 2. The molecule has 0 saturated heterocycles. The van der Waals surface area contributed by atoms with Crippen molar-refractivity contribution in [2.45, 2.75) is 32.3 Å². The largest absolute Gasteiger partial charge is 0.496 e. The first kappa shape index (κ1) is 19.7. The SMILES string of the molecule is COc1cc(OC)c(C(=O)O[C@@H](C)C(=O)c2ccc3c(c2)CCC3)cc1OC. The van der Waals surface area contributed by atoms with E-state index in [1.54, 1.807) is 19.1 Å². The molecule has 6 nitrogen and oxygen atoms in total. The topological polar surface area (TPSA) is 71.1 Å². The number of esters is 1. The molecule has 0 bridgehead atoms. The van der Waals surface area contributed by atoms with Gasteiger partial charge >= 0.3 is 5.97 Å². The lowest BCUT2D eigenvalue weighted by Crippen LogP contribution is -2.25. The van der Waals surface area contributed by atoms with Crippen LogP contribution in [-0.4, -0.2) is 39.2 Å². The third-order valence-corrected chi connectivity index (χ3v) is 4.96. The summed E-state index contributed by atoms with van der Waals surface area (Å²) in [5.41, 5.74) is 3.20. The molecule has 0 heterocycles. The summed E-state index contributed by atoms with van der Waals surface area (Å²) in [6.45, 7) is 1.57. The zero-order chi connectivity index (χ0) is 20.3. The summed E-state index contributed by atoms with van der Waals surface area (Å²) in [5.74, 6) is 0.174. The second-order valence-electron chi connectivity index (χ2n) is 6.66. The highest BCUT2D eigenvalue weighted by Crippen LogP contribution is 2.35. The number of ether oxygens (including phenoxy) is 4. The van der Waals surface area contributed by atoms with E-state index in [-0.39, 0.29) is 17.1 Å². The minimum Gasteiger partial charge on any atom is -0.496 e. The number of Topliss-reactive ketones (excluding diaryl/α,β-unsaturated/α-hetero) is 1. The van der Waals surface area contributed by atoms with Crippen LogP contribution < -0.4 is 14.2 Å². The second-order valence-corrected chi connectivity index (χ2v) is 6.66. The molecule has 0 unspecified atom stereocenters. The van der Waals surface area contributed by atoms with E-state index < -0.39 is 12.1 Å². The van der Waals surface area contributed by atoms with Gasteiger partial charge in [-0.25, -0.2) is 4.79 Å². The smallest absolute Gasteiger partial charge is 0.342 e. The van der Waals surface area contributed by atoms with Gasteiger partial charge in [-0.05, 0) is 43.4 Å². The average Bonchev–Trinajstić information content (AvgIpc) is 3.19. The molecular weight excluding hydrogens is 360 g/mol. The number of ketones is 1. The lowest BCUT2D eigenvalue weighted by atomic mass is 10.0. The summed E-state index contributed by atoms with van der Waals surface area (Å²) >= 11 is 0. The third kappa shape index (κ3) is 3.81. The Bertz CT molecular complexity index is 902. The fraction of sp³-hybridized carbons (Fsp3) is 0.364. The van der Waals surface area contributed by atoms with Crippen LogP contribution in [0.3, 0.4) is 0 Å². The Morgan fingerprint density at radius 2 is 1.50 bits per heavy atom. The van der Waals surface area contributed by atoms with Crippen molar-refractivity contribution in [1.82, 2.24) is 0 Å². The number of fused-ring (bicyclic) bond motifs is 1. The second kappa shape index (κ2) is 8.33. The Morgan fingerprint density at radius 1 is 0.857 bits per heavy atom. The molecule has 0 aliphatic heterocycles. The first-order valence-corrected chi connectivity index (χ1v) is 9.15. The molecule has 0 radical (unpaired) electrons. The molecule has 1 atom stereocenters. The predicted octanol–water partition coefficient (Wildman–Crippen LogP) is 3.63. The van der Waals surface area contributed by atoms with E-state index >= 15 is 0 Å². The molecule has 1 aliphatic rings. The van der Waals surface area contributed by atoms with Crippen molar-refractivity contribution < 1.29 is 28.5 Å². The molecule has 0 aromatic heterocycles. The van der Waals surface area contributed by atoms with Crippen molar-refractivity contribution in [3.8, 4) is 17.2 Å². The monoisotopic (exact) mass is 384 g/mol. The van der Waals surface area contributed by atoms with Gasteiger partial charge in [-0.2, -0.15) is 0 Å². The zero-order valence-corrected chi connectivity index (χ0v) is 16.5. The maximum absolute atomic E-state index is 12.7. The molecule has 148 valence electrons. The lowest BCUT2D eigenvalue weighted by molar-refractivity contribution is 0.0315. The fourth-order valence-corrected chi connectivity index (χ4v) is 3.43. The van der Waals surface area contributed by atoms with Gasteiger partial charge in [0.1, 0.15) is 11.3 Å². The number of aryl methyl sites for hydroxylation is 2. The summed E-state index contributed by atoms with van der Waals surface area (Å²) < 4.78 is 21.1. The molecular formula is C22H24O6. The Morgan fingerprint density at radius 3 is 2.18 bits per heavy atom. The van der Waals surface area contributed by atoms with Crippen LogP contribution in [0.5, 0.6) is 17.2 Å². The minimum atomic E-state index is -0.926. The molecule has 6 heteroatoms. The van der Waals surface area contributed by atoms with Crippen LogP contribution in [0.1, 0.15) is 45.2 Å². The van der Waals surface area contributed by atoms with E-state index in [0.717, 1.165) is 19.3 Å². The van der Waals surface area contributed by atoms with E-state index in [1.165, 1.54) is 38.5 Å². The molecule has 2 aromatic carbocycles. The van der Waals surface area contributed by atoms with Gasteiger partial charge in [-0.3, -0.25) is 4.79 Å². The maximum atomic E-state index is 12.7. The first-order valence-electron chi connectivity index (χ1n) is 9.15. The minimum absolute atomic E-state index is 0.161. The van der Waals surface area contributed by atoms with E-state index in [4.69, 9.17) is 18.9 Å². The number of methoxy groups -OCH3 is 3. The molecule has 3 rings (SSSR count). The van der Waals surface area contributed by atoms with E-state index in [2.05, 4.69) is 0 Å². The summed E-state index contributed by atoms with van der Waals surface area (Å²) in [5, 5.41) is 0. The number of rotatable bonds is 7. The Balaban J connectivity index is 1.79. The Kier molecular flexibility index (Phi) is 5.87. The van der Waals surface area contributed by atoms with Crippen molar-refractivity contribution in [2.75, 3.05) is 21.3 Å². The zero-order valence-electron chi connectivity index (χ0n) is 16.5. The molecule has 2 aromatic rings. The lowest BCUT2D eigenvalue weighted by Gasteiger charge is -2.16. The molecule has 1 aliphatic carbocycles. The molecule has 28 heavy (non-hydrogen) atoms. The van der Waals surface area contributed by atoms with E-state index in [9.17, 15) is 9.59 Å². The van der Waals surface area contributed by atoms with Crippen LogP contribution in [0, 0.1) is 0 Å². The molecule has 0 spiro atoms. The van der Waals surface area contributed by atoms with Crippen LogP contribution in [-0.2, 0) is 17.6 Å². The number of carbonyl (C=O) groups is 2. The van der Waals surface area contributed by atoms with Gasteiger partial charge < -0.3 is 18.9 Å². The summed E-state index contributed by atoms with van der Waals surface area (Å²) in [4.78, 5) is 25.4. The standard InChI is InChI=1S/C22H24O6/c1-13(21(23)16-9-8-14-6-5-7-15(14)10-16)28-22(24)17-11-19(26-3)20(27-4)12-18(17)25-2/h8-13H,5-7H2,1-4H3/t13-/m0/s1. The van der Waals surface area contributed by atoms with Gasteiger partial charge in [0.05, 0.1) is 21.3 Å². The van der Waals surface area contributed by atoms with Crippen molar-refractivity contribution >= 4 is 11.8 Å². The fourth-order valence-electron chi connectivity index (χ4n) is 3.43. The number of hydrogen-bond acceptors (Lipinski definition) is 6. The quantitative estimate of drug-likeness (QED) is 0.536. The van der Waals surface area contributed by atoms with Gasteiger partial charge in [0.25, 0.3) is 0 Å². The Hall–Kier alpha value is -3.02. The van der Waals surface area contributed by atoms with Gasteiger partial charge in [-0.1, -0.05) is 12.1 Å². The molecule has 0 amide bonds. The number of carbonyl (C=O) groups excluding carboxylic acids is 2. The summed E-state index contributed by atoms with van der Waals surface area (Å²) in [6.07, 6.45) is 2.21. The molecule has 0 N–H and O–H groups in total. The third-order valence-electron chi connectivity index (χ3n) is 4.96. The van der Waals surface area contributed by atoms with Crippen LogP contribution in [0.15, 0.2) is 30.3 Å². The molecule has 0 fully saturated rings. The average molecular weight is 384 g/mol. The van der Waals surface area contributed by atoms with Crippen molar-refractivity contribution in [2.24, 2.45) is 0 Å². The van der Waals surface area contributed by atoms with Gasteiger partial charge in [0, 0.05) is 17.7 Å². The van der Waals surface area contributed by atoms with Crippen LogP contribution in [0.25, 0.3) is 0 Å². The highest BCUT2D eigenvalue weighted by Gasteiger charge is 2.25. The first-order chi connectivity index (χ1) is 13.5.